The number of nitriles is 1. The molecule has 19 heavy (non-hydrogen) atoms. The summed E-state index contributed by atoms with van der Waals surface area (Å²) in [6.07, 6.45) is -1.20. The van der Waals surface area contributed by atoms with E-state index in [9.17, 15) is 13.9 Å². The molecule has 1 aliphatic rings. The summed E-state index contributed by atoms with van der Waals surface area (Å²) in [7, 11) is 0. The number of piperidine rings is 1. The first-order valence-corrected chi connectivity index (χ1v) is 5.84. The van der Waals surface area contributed by atoms with Crippen LogP contribution in [0.5, 0.6) is 0 Å². The Bertz CT molecular complexity index is 484. The van der Waals surface area contributed by atoms with E-state index in [2.05, 4.69) is 5.32 Å². The molecule has 6 heteroatoms. The first-order chi connectivity index (χ1) is 8.57. The van der Waals surface area contributed by atoms with E-state index in [4.69, 9.17) is 5.26 Å². The maximum atomic E-state index is 14.5. The molecule has 2 N–H and O–H groups in total. The van der Waals surface area contributed by atoms with Crippen LogP contribution in [0, 0.1) is 17.1 Å². The number of rotatable bonds is 2. The van der Waals surface area contributed by atoms with Gasteiger partial charge in [0.15, 0.2) is 0 Å². The van der Waals surface area contributed by atoms with Crippen LogP contribution in [0.4, 0.5) is 8.78 Å². The van der Waals surface area contributed by atoms with Gasteiger partial charge in [-0.1, -0.05) is 6.07 Å². The number of alkyl halides is 1. The summed E-state index contributed by atoms with van der Waals surface area (Å²) in [6, 6.07) is 5.48. The molecule has 3 nitrogen and oxygen atoms in total. The quantitative estimate of drug-likeness (QED) is 0.877. The van der Waals surface area contributed by atoms with E-state index in [1.54, 1.807) is 6.07 Å². The lowest BCUT2D eigenvalue weighted by Gasteiger charge is -2.34. The molecular weight excluding hydrogens is 274 g/mol. The summed E-state index contributed by atoms with van der Waals surface area (Å²) in [5.74, 6) is -0.739. The van der Waals surface area contributed by atoms with Gasteiger partial charge in [-0.2, -0.15) is 5.26 Å². The van der Waals surface area contributed by atoms with Gasteiger partial charge < -0.3 is 10.4 Å². The summed E-state index contributed by atoms with van der Waals surface area (Å²) < 4.78 is 28.2. The number of aliphatic hydroxyl groups excluding tert-OH is 1. The fourth-order valence-electron chi connectivity index (χ4n) is 2.21. The molecule has 0 bridgehead atoms. The van der Waals surface area contributed by atoms with Crippen LogP contribution in [0.3, 0.4) is 0 Å². The Kier molecular flexibility index (Phi) is 5.24. The highest BCUT2D eigenvalue weighted by Gasteiger charge is 2.41. The summed E-state index contributed by atoms with van der Waals surface area (Å²) in [4.78, 5) is 0. The standard InChI is InChI=1S/C13H14F2N2O.ClH/c14-11-7-9(8-16)1-2-10(11)12(18)13(15)3-5-17-6-4-13;/h1-2,7,12,17-18H,3-6H2;1H. The zero-order valence-corrected chi connectivity index (χ0v) is 11.0. The van der Waals surface area contributed by atoms with Crippen LogP contribution in [-0.4, -0.2) is 23.9 Å². The van der Waals surface area contributed by atoms with Gasteiger partial charge in [0.1, 0.15) is 17.6 Å². The molecule has 0 saturated carbocycles. The second-order valence-corrected chi connectivity index (χ2v) is 4.54. The third kappa shape index (κ3) is 3.21. The minimum atomic E-state index is -1.81. The largest absolute Gasteiger partial charge is 0.385 e. The van der Waals surface area contributed by atoms with Gasteiger partial charge >= 0.3 is 0 Å². The molecule has 0 aliphatic carbocycles. The maximum absolute atomic E-state index is 14.5. The molecule has 2 rings (SSSR count). The molecule has 1 atom stereocenters. The SMILES string of the molecule is Cl.N#Cc1ccc(C(O)C2(F)CCNCC2)c(F)c1. The van der Waals surface area contributed by atoms with Crippen molar-refractivity contribution in [3.05, 3.63) is 35.1 Å². The van der Waals surface area contributed by atoms with Crippen LogP contribution < -0.4 is 5.32 Å². The first-order valence-electron chi connectivity index (χ1n) is 5.84. The van der Waals surface area contributed by atoms with E-state index in [1.807, 2.05) is 0 Å². The van der Waals surface area contributed by atoms with Gasteiger partial charge in [-0.25, -0.2) is 8.78 Å². The molecule has 1 heterocycles. The van der Waals surface area contributed by atoms with Crippen molar-refractivity contribution in [1.29, 1.82) is 5.26 Å². The molecule has 1 saturated heterocycles. The van der Waals surface area contributed by atoms with Gasteiger partial charge in [-0.05, 0) is 38.1 Å². The van der Waals surface area contributed by atoms with Crippen LogP contribution in [0.15, 0.2) is 18.2 Å². The summed E-state index contributed by atoms with van der Waals surface area (Å²) in [5.41, 5.74) is -1.74. The van der Waals surface area contributed by atoms with Crippen molar-refractivity contribution in [3.63, 3.8) is 0 Å². The third-order valence-electron chi connectivity index (χ3n) is 3.35. The number of benzene rings is 1. The number of nitrogens with zero attached hydrogens (tertiary/aromatic N) is 1. The number of nitrogens with one attached hydrogen (secondary N) is 1. The monoisotopic (exact) mass is 288 g/mol. The van der Waals surface area contributed by atoms with Gasteiger partial charge in [-0.3, -0.25) is 0 Å². The Labute approximate surface area is 116 Å². The van der Waals surface area contributed by atoms with Crippen LogP contribution in [-0.2, 0) is 0 Å². The van der Waals surface area contributed by atoms with Gasteiger partial charge in [0.05, 0.1) is 11.6 Å². The lowest BCUT2D eigenvalue weighted by atomic mass is 9.84. The topological polar surface area (TPSA) is 56.0 Å². The Morgan fingerprint density at radius 3 is 2.53 bits per heavy atom. The lowest BCUT2D eigenvalue weighted by Crippen LogP contribution is -2.43. The molecule has 1 aromatic carbocycles. The van der Waals surface area contributed by atoms with E-state index >= 15 is 0 Å². The fraction of sp³-hybridized carbons (Fsp3) is 0.462. The second kappa shape index (κ2) is 6.29. The van der Waals surface area contributed by atoms with Gasteiger partial charge in [0.25, 0.3) is 0 Å². The number of halogens is 3. The van der Waals surface area contributed by atoms with Crippen molar-refractivity contribution < 1.29 is 13.9 Å². The fourth-order valence-corrected chi connectivity index (χ4v) is 2.21. The number of hydrogen-bond donors (Lipinski definition) is 2. The average Bonchev–Trinajstić information content (AvgIpc) is 2.38. The van der Waals surface area contributed by atoms with Crippen molar-refractivity contribution >= 4 is 12.4 Å². The van der Waals surface area contributed by atoms with Crippen molar-refractivity contribution in [2.24, 2.45) is 0 Å². The van der Waals surface area contributed by atoms with E-state index in [1.165, 1.54) is 12.1 Å². The highest BCUT2D eigenvalue weighted by molar-refractivity contribution is 5.85. The van der Waals surface area contributed by atoms with E-state index in [-0.39, 0.29) is 36.4 Å². The predicted molar refractivity (Wildman–Crippen MR) is 69.3 cm³/mol. The zero-order chi connectivity index (χ0) is 13.2. The van der Waals surface area contributed by atoms with Crippen LogP contribution in [0.25, 0.3) is 0 Å². The molecule has 1 aromatic rings. The molecule has 0 radical (unpaired) electrons. The lowest BCUT2D eigenvalue weighted by molar-refractivity contribution is -0.0332. The average molecular weight is 289 g/mol. The minimum absolute atomic E-state index is 0. The Balaban J connectivity index is 0.00000180. The molecule has 1 unspecified atom stereocenters. The van der Waals surface area contributed by atoms with Crippen LogP contribution >= 0.6 is 12.4 Å². The summed E-state index contributed by atoms with van der Waals surface area (Å²) in [6.45, 7) is 0.927. The van der Waals surface area contributed by atoms with E-state index < -0.39 is 17.6 Å². The Morgan fingerprint density at radius 1 is 1.37 bits per heavy atom. The van der Waals surface area contributed by atoms with Crippen LogP contribution in [0.2, 0.25) is 0 Å². The first kappa shape index (κ1) is 15.8. The Morgan fingerprint density at radius 2 is 2.00 bits per heavy atom. The van der Waals surface area contributed by atoms with E-state index in [0.717, 1.165) is 6.07 Å². The van der Waals surface area contributed by atoms with Crippen LogP contribution in [0.1, 0.15) is 30.1 Å². The summed E-state index contributed by atoms with van der Waals surface area (Å²) >= 11 is 0. The molecule has 1 fully saturated rings. The molecule has 0 amide bonds. The normalized spacial score (nSPS) is 19.1. The number of aliphatic hydroxyl groups is 1. The van der Waals surface area contributed by atoms with Gasteiger partial charge in [-0.15, -0.1) is 12.4 Å². The highest BCUT2D eigenvalue weighted by atomic mass is 35.5. The molecule has 1 aliphatic heterocycles. The maximum Gasteiger partial charge on any atom is 0.143 e. The molecule has 0 spiro atoms. The summed E-state index contributed by atoms with van der Waals surface area (Å²) in [5, 5.41) is 21.6. The Hall–Kier alpha value is -1.22. The molecular formula is C13H15ClF2N2O. The smallest absolute Gasteiger partial charge is 0.143 e. The number of hydrogen-bond acceptors (Lipinski definition) is 3. The van der Waals surface area contributed by atoms with Crippen molar-refractivity contribution in [1.82, 2.24) is 5.32 Å². The highest BCUT2D eigenvalue weighted by Crippen LogP contribution is 2.37. The van der Waals surface area contributed by atoms with Crippen molar-refractivity contribution in [2.75, 3.05) is 13.1 Å². The zero-order valence-electron chi connectivity index (χ0n) is 10.2. The molecule has 104 valence electrons. The van der Waals surface area contributed by atoms with Crippen molar-refractivity contribution in [3.8, 4) is 6.07 Å². The van der Waals surface area contributed by atoms with E-state index in [0.29, 0.717) is 13.1 Å². The third-order valence-corrected chi connectivity index (χ3v) is 3.35. The molecule has 0 aromatic heterocycles. The second-order valence-electron chi connectivity index (χ2n) is 4.54. The minimum Gasteiger partial charge on any atom is -0.385 e. The van der Waals surface area contributed by atoms with Gasteiger partial charge in [0, 0.05) is 5.56 Å². The predicted octanol–water partition coefficient (Wildman–Crippen LogP) is 2.24. The van der Waals surface area contributed by atoms with Crippen molar-refractivity contribution in [2.45, 2.75) is 24.6 Å². The van der Waals surface area contributed by atoms with Gasteiger partial charge in [0.2, 0.25) is 0 Å².